The summed E-state index contributed by atoms with van der Waals surface area (Å²) in [5.41, 5.74) is 0. The molecule has 0 spiro atoms. The van der Waals surface area contributed by atoms with E-state index < -0.39 is 22.0 Å². The Balaban J connectivity index is 2.58. The molecule has 5 heteroatoms. The van der Waals surface area contributed by atoms with E-state index in [-0.39, 0.29) is 6.04 Å². The summed E-state index contributed by atoms with van der Waals surface area (Å²) in [6.07, 6.45) is 0. The molecule has 4 nitrogen and oxygen atoms in total. The fourth-order valence-electron chi connectivity index (χ4n) is 1.02. The fourth-order valence-corrected chi connectivity index (χ4v) is 2.37. The molecule has 64 valence electrons. The van der Waals surface area contributed by atoms with Gasteiger partial charge in [0.25, 0.3) is 0 Å². The first kappa shape index (κ1) is 8.67. The highest BCUT2D eigenvalue weighted by atomic mass is 32.2. The zero-order chi connectivity index (χ0) is 8.43. The van der Waals surface area contributed by atoms with Crippen LogP contribution in [-0.4, -0.2) is 38.9 Å². The average molecular weight is 177 g/mol. The third kappa shape index (κ3) is 2.00. The highest BCUT2D eigenvalue weighted by Gasteiger charge is 2.29. The lowest BCUT2D eigenvalue weighted by molar-refractivity contribution is -0.136. The predicted octanol–water partition coefficient (Wildman–Crippen LogP) is -0.820. The zero-order valence-corrected chi connectivity index (χ0v) is 7.06. The number of carbonyl (C=O) groups is 1. The van der Waals surface area contributed by atoms with Crippen molar-refractivity contribution in [3.05, 3.63) is 0 Å². The van der Waals surface area contributed by atoms with Gasteiger partial charge in [-0.15, -0.1) is 0 Å². The minimum atomic E-state index is -1.20. The van der Waals surface area contributed by atoms with Gasteiger partial charge in [-0.25, -0.2) is 0 Å². The van der Waals surface area contributed by atoms with Crippen LogP contribution in [0.2, 0.25) is 0 Å². The predicted molar refractivity (Wildman–Crippen MR) is 41.9 cm³/mol. The maximum Gasteiger partial charge on any atom is 0.320 e. The van der Waals surface area contributed by atoms with Crippen LogP contribution < -0.4 is 5.32 Å². The highest BCUT2D eigenvalue weighted by molar-refractivity contribution is 7.86. The molecule has 0 radical (unpaired) electrons. The lowest BCUT2D eigenvalue weighted by Gasteiger charge is -2.23. The van der Waals surface area contributed by atoms with Crippen LogP contribution in [0.5, 0.6) is 0 Å². The van der Waals surface area contributed by atoms with Gasteiger partial charge < -0.3 is 10.4 Å². The monoisotopic (exact) mass is 177 g/mol. The molecule has 3 atom stereocenters. The number of hydrogen-bond acceptors (Lipinski definition) is 3. The van der Waals surface area contributed by atoms with Gasteiger partial charge in [-0.1, -0.05) is 0 Å². The number of aliphatic carboxylic acids is 1. The first-order valence-electron chi connectivity index (χ1n) is 3.44. The third-order valence-electron chi connectivity index (χ3n) is 1.66. The van der Waals surface area contributed by atoms with Crippen molar-refractivity contribution in [1.82, 2.24) is 5.32 Å². The topological polar surface area (TPSA) is 66.4 Å². The van der Waals surface area contributed by atoms with Gasteiger partial charge >= 0.3 is 5.97 Å². The van der Waals surface area contributed by atoms with Crippen molar-refractivity contribution in [1.29, 1.82) is 0 Å². The second-order valence-electron chi connectivity index (χ2n) is 2.68. The minimum absolute atomic E-state index is 0.173. The Morgan fingerprint density at radius 2 is 2.36 bits per heavy atom. The van der Waals surface area contributed by atoms with Crippen LogP contribution in [0.25, 0.3) is 0 Å². The second-order valence-corrected chi connectivity index (χ2v) is 4.35. The van der Waals surface area contributed by atoms with Gasteiger partial charge in [0.2, 0.25) is 0 Å². The molecule has 1 heterocycles. The number of carboxylic acids is 1. The van der Waals surface area contributed by atoms with Crippen LogP contribution in [0.1, 0.15) is 6.92 Å². The van der Waals surface area contributed by atoms with Crippen LogP contribution in [0, 0.1) is 0 Å². The van der Waals surface area contributed by atoms with Crippen LogP contribution in [0.3, 0.4) is 0 Å². The van der Waals surface area contributed by atoms with E-state index in [1.165, 1.54) is 0 Å². The molecule has 11 heavy (non-hydrogen) atoms. The number of carboxylic acid groups (broad SMARTS) is 1. The summed E-state index contributed by atoms with van der Waals surface area (Å²) in [7, 11) is -1.20. The van der Waals surface area contributed by atoms with Crippen LogP contribution >= 0.6 is 0 Å². The van der Waals surface area contributed by atoms with E-state index in [2.05, 4.69) is 5.32 Å². The van der Waals surface area contributed by atoms with E-state index in [1.54, 1.807) is 0 Å². The van der Waals surface area contributed by atoms with E-state index in [0.717, 1.165) is 0 Å². The Morgan fingerprint density at radius 3 is 2.82 bits per heavy atom. The molecule has 0 aromatic carbocycles. The summed E-state index contributed by atoms with van der Waals surface area (Å²) < 4.78 is 11.1. The summed E-state index contributed by atoms with van der Waals surface area (Å²) in [6.45, 7) is 2.22. The molecule has 0 bridgehead atoms. The summed E-state index contributed by atoms with van der Waals surface area (Å²) >= 11 is 0. The van der Waals surface area contributed by atoms with E-state index in [4.69, 9.17) is 5.11 Å². The van der Waals surface area contributed by atoms with Gasteiger partial charge in [0.05, 0.1) is 0 Å². The van der Waals surface area contributed by atoms with Crippen molar-refractivity contribution >= 4 is 16.8 Å². The first-order valence-corrected chi connectivity index (χ1v) is 4.83. The lowest BCUT2D eigenvalue weighted by Crippen LogP contribution is -2.49. The van der Waals surface area contributed by atoms with E-state index in [9.17, 15) is 9.00 Å². The SMILES string of the molecule is C[C@H]1CS(=O)C(C(=O)O)CN1. The van der Waals surface area contributed by atoms with E-state index in [1.807, 2.05) is 6.92 Å². The van der Waals surface area contributed by atoms with Crippen molar-refractivity contribution in [2.75, 3.05) is 12.3 Å². The minimum Gasteiger partial charge on any atom is -0.480 e. The maximum absolute atomic E-state index is 11.1. The Bertz CT molecular complexity index is 194. The molecule has 0 saturated carbocycles. The molecule has 0 amide bonds. The normalized spacial score (nSPS) is 38.5. The van der Waals surface area contributed by atoms with Crippen LogP contribution in [-0.2, 0) is 15.6 Å². The van der Waals surface area contributed by atoms with Crippen LogP contribution in [0.15, 0.2) is 0 Å². The van der Waals surface area contributed by atoms with Crippen molar-refractivity contribution in [3.8, 4) is 0 Å². The lowest BCUT2D eigenvalue weighted by atomic mass is 10.3. The molecule has 0 aromatic rings. The fraction of sp³-hybridized carbons (Fsp3) is 0.833. The Labute approximate surface area is 67.4 Å². The Morgan fingerprint density at radius 1 is 1.73 bits per heavy atom. The summed E-state index contributed by atoms with van der Waals surface area (Å²) in [6, 6.07) is 0.173. The van der Waals surface area contributed by atoms with E-state index >= 15 is 0 Å². The van der Waals surface area contributed by atoms with Gasteiger partial charge in [0.15, 0.2) is 0 Å². The highest BCUT2D eigenvalue weighted by Crippen LogP contribution is 2.04. The Hall–Kier alpha value is -0.420. The molecule has 1 aliphatic rings. The quantitative estimate of drug-likeness (QED) is 0.549. The molecular weight excluding hydrogens is 166 g/mol. The van der Waals surface area contributed by atoms with E-state index in [0.29, 0.717) is 12.3 Å². The number of rotatable bonds is 1. The molecule has 1 fully saturated rings. The summed E-state index contributed by atoms with van der Waals surface area (Å²) in [5.74, 6) is -0.528. The van der Waals surface area contributed by atoms with Crippen molar-refractivity contribution < 1.29 is 14.1 Å². The molecular formula is C6H11NO3S. The molecule has 1 saturated heterocycles. The second kappa shape index (κ2) is 3.32. The number of nitrogens with one attached hydrogen (secondary N) is 1. The standard InChI is InChI=1S/C6H11NO3S/c1-4-3-11(10)5(2-7-4)6(8)9/h4-5,7H,2-3H2,1H3,(H,8,9)/t4-,5?,11?/m0/s1. The molecule has 0 aliphatic carbocycles. The van der Waals surface area contributed by atoms with Crippen molar-refractivity contribution in [3.63, 3.8) is 0 Å². The number of hydrogen-bond donors (Lipinski definition) is 2. The van der Waals surface area contributed by atoms with Crippen LogP contribution in [0.4, 0.5) is 0 Å². The van der Waals surface area contributed by atoms with Crippen molar-refractivity contribution in [2.45, 2.75) is 18.2 Å². The van der Waals surface area contributed by atoms with Gasteiger partial charge in [0, 0.05) is 29.1 Å². The molecule has 1 rings (SSSR count). The van der Waals surface area contributed by atoms with Gasteiger partial charge in [-0.05, 0) is 6.92 Å². The molecule has 1 aliphatic heterocycles. The van der Waals surface area contributed by atoms with Gasteiger partial charge in [-0.2, -0.15) is 0 Å². The zero-order valence-electron chi connectivity index (χ0n) is 6.24. The first-order chi connectivity index (χ1) is 5.11. The molecule has 0 aromatic heterocycles. The maximum atomic E-state index is 11.1. The largest absolute Gasteiger partial charge is 0.480 e. The summed E-state index contributed by atoms with van der Waals surface area (Å²) in [4.78, 5) is 10.4. The van der Waals surface area contributed by atoms with Crippen molar-refractivity contribution in [2.24, 2.45) is 0 Å². The Kier molecular flexibility index (Phi) is 2.62. The average Bonchev–Trinajstić information content (AvgIpc) is 1.85. The van der Waals surface area contributed by atoms with Gasteiger partial charge in [0.1, 0.15) is 5.25 Å². The third-order valence-corrected chi connectivity index (χ3v) is 3.49. The molecule has 2 N–H and O–H groups in total. The molecule has 2 unspecified atom stereocenters. The smallest absolute Gasteiger partial charge is 0.320 e. The van der Waals surface area contributed by atoms with Gasteiger partial charge in [-0.3, -0.25) is 9.00 Å². The summed E-state index contributed by atoms with van der Waals surface area (Å²) in [5, 5.41) is 10.8.